The monoisotopic (exact) mass is 549 g/mol. The van der Waals surface area contributed by atoms with Crippen LogP contribution in [-0.2, 0) is 14.3 Å². The first-order chi connectivity index (χ1) is 17.8. The lowest BCUT2D eigenvalue weighted by Crippen LogP contribution is -2.54. The van der Waals surface area contributed by atoms with E-state index in [-0.39, 0.29) is 23.6 Å². The highest BCUT2D eigenvalue weighted by Gasteiger charge is 2.36. The third-order valence-electron chi connectivity index (χ3n) is 6.35. The van der Waals surface area contributed by atoms with Gasteiger partial charge in [-0.25, -0.2) is 4.79 Å². The van der Waals surface area contributed by atoms with Crippen LogP contribution in [0.25, 0.3) is 0 Å². The van der Waals surface area contributed by atoms with Crippen LogP contribution < -0.4 is 10.6 Å². The molecule has 0 bridgehead atoms. The Balaban J connectivity index is 3.45. The Morgan fingerprint density at radius 2 is 1.66 bits per heavy atom. The van der Waals surface area contributed by atoms with Crippen molar-refractivity contribution in [2.45, 2.75) is 124 Å². The summed E-state index contributed by atoms with van der Waals surface area (Å²) in [6.07, 6.45) is 6.13. The molecule has 0 saturated heterocycles. The van der Waals surface area contributed by atoms with Crippen molar-refractivity contribution < 1.29 is 19.1 Å². The van der Waals surface area contributed by atoms with E-state index < -0.39 is 23.8 Å². The number of hydrogen-bond acceptors (Lipinski definition) is 5. The van der Waals surface area contributed by atoms with Crippen molar-refractivity contribution >= 4 is 30.5 Å². The topological polar surface area (TPSA) is 87.7 Å². The summed E-state index contributed by atoms with van der Waals surface area (Å²) in [5, 5.41) is 5.82. The molecule has 38 heavy (non-hydrogen) atoms. The van der Waals surface area contributed by atoms with E-state index in [2.05, 4.69) is 37.1 Å². The molecule has 3 amide bonds. The summed E-state index contributed by atoms with van der Waals surface area (Å²) >= 11 is 4.38. The van der Waals surface area contributed by atoms with Gasteiger partial charge in [0.05, 0.1) is 0 Å². The molecule has 0 aromatic heterocycles. The fourth-order valence-electron chi connectivity index (χ4n) is 4.50. The Morgan fingerprint density at radius 3 is 2.21 bits per heavy atom. The van der Waals surface area contributed by atoms with Crippen LogP contribution >= 0.6 is 12.6 Å². The van der Waals surface area contributed by atoms with Gasteiger partial charge in [0.1, 0.15) is 17.7 Å². The van der Waals surface area contributed by atoms with Crippen LogP contribution in [0.2, 0.25) is 0 Å². The Hall–Kier alpha value is -2.22. The van der Waals surface area contributed by atoms with Crippen molar-refractivity contribution in [2.24, 2.45) is 0 Å². The van der Waals surface area contributed by atoms with Gasteiger partial charge in [0.25, 0.3) is 0 Å². The van der Waals surface area contributed by atoms with Gasteiger partial charge >= 0.3 is 6.09 Å². The first-order valence-corrected chi connectivity index (χ1v) is 14.8. The Labute approximate surface area is 236 Å². The zero-order chi connectivity index (χ0) is 28.9. The molecule has 0 heterocycles. The highest BCUT2D eigenvalue weighted by Crippen LogP contribution is 2.27. The summed E-state index contributed by atoms with van der Waals surface area (Å²) in [5.74, 6) is -0.475. The Bertz CT molecular complexity index is 900. The van der Waals surface area contributed by atoms with Gasteiger partial charge in [-0.05, 0) is 65.5 Å². The van der Waals surface area contributed by atoms with Gasteiger partial charge in [0, 0.05) is 18.3 Å². The molecule has 2 N–H and O–H groups in total. The smallest absolute Gasteiger partial charge is 0.408 e. The highest BCUT2D eigenvalue weighted by atomic mass is 32.1. The number of carbonyl (C=O) groups excluding carboxylic acids is 3. The zero-order valence-electron chi connectivity index (χ0n) is 24.9. The van der Waals surface area contributed by atoms with Crippen molar-refractivity contribution in [3.63, 3.8) is 0 Å². The average molecular weight is 550 g/mol. The average Bonchev–Trinajstić information content (AvgIpc) is 2.81. The minimum Gasteiger partial charge on any atom is -0.444 e. The maximum Gasteiger partial charge on any atom is 0.408 e. The standard InChI is InChI=1S/C30H51N3O4S/c1-9-11-12-13-14-18-33(28(35)25(20-38)32-29(36)37-30(6,7)8)26(27(34)31-23(5)15-10-2)24-17-16-21(3)19-22(24)4/h16-17,19,23,25-26,38H,9-15,18,20H2,1-8H3,(H,31,34)(H,32,36). The van der Waals surface area contributed by atoms with Crippen LogP contribution in [0.4, 0.5) is 4.79 Å². The van der Waals surface area contributed by atoms with E-state index in [1.54, 1.807) is 25.7 Å². The van der Waals surface area contributed by atoms with E-state index in [0.29, 0.717) is 6.54 Å². The van der Waals surface area contributed by atoms with Crippen LogP contribution in [0, 0.1) is 13.8 Å². The van der Waals surface area contributed by atoms with Crippen molar-refractivity contribution in [1.82, 2.24) is 15.5 Å². The van der Waals surface area contributed by atoms with Gasteiger partial charge in [-0.3, -0.25) is 9.59 Å². The molecule has 7 nitrogen and oxygen atoms in total. The number of aryl methyl sites for hydroxylation is 2. The van der Waals surface area contributed by atoms with Crippen LogP contribution in [0.3, 0.4) is 0 Å². The molecular formula is C30H51N3O4S. The highest BCUT2D eigenvalue weighted by molar-refractivity contribution is 7.80. The van der Waals surface area contributed by atoms with E-state index in [1.807, 2.05) is 39.0 Å². The van der Waals surface area contributed by atoms with Crippen LogP contribution in [0.15, 0.2) is 18.2 Å². The number of hydrogen-bond donors (Lipinski definition) is 3. The normalized spacial score (nSPS) is 13.8. The van der Waals surface area contributed by atoms with Crippen LogP contribution in [0.5, 0.6) is 0 Å². The number of nitrogens with zero attached hydrogens (tertiary/aromatic N) is 1. The summed E-state index contributed by atoms with van der Waals surface area (Å²) < 4.78 is 5.40. The van der Waals surface area contributed by atoms with E-state index in [9.17, 15) is 14.4 Å². The maximum absolute atomic E-state index is 14.0. The summed E-state index contributed by atoms with van der Waals surface area (Å²) in [6, 6.07) is 4.16. The second-order valence-corrected chi connectivity index (χ2v) is 11.7. The molecule has 0 saturated carbocycles. The number of carbonyl (C=O) groups is 3. The summed E-state index contributed by atoms with van der Waals surface area (Å²) in [7, 11) is 0. The summed E-state index contributed by atoms with van der Waals surface area (Å²) in [5.41, 5.74) is 2.11. The van der Waals surface area contributed by atoms with Gasteiger partial charge in [0.15, 0.2) is 0 Å². The number of thiol groups is 1. The number of benzene rings is 1. The fraction of sp³-hybridized carbons (Fsp3) is 0.700. The second-order valence-electron chi connectivity index (χ2n) is 11.3. The number of amides is 3. The predicted octanol–water partition coefficient (Wildman–Crippen LogP) is 6.27. The molecule has 0 aliphatic heterocycles. The largest absolute Gasteiger partial charge is 0.444 e. The van der Waals surface area contributed by atoms with Crippen LogP contribution in [-0.4, -0.2) is 52.8 Å². The number of unbranched alkanes of at least 4 members (excludes halogenated alkanes) is 4. The summed E-state index contributed by atoms with van der Waals surface area (Å²) in [6.45, 7) is 15.9. The van der Waals surface area contributed by atoms with E-state index in [1.165, 1.54) is 0 Å². The Morgan fingerprint density at radius 1 is 1.00 bits per heavy atom. The minimum absolute atomic E-state index is 0.0252. The van der Waals surface area contributed by atoms with Gasteiger partial charge in [0.2, 0.25) is 11.8 Å². The second kappa shape index (κ2) is 16.7. The first-order valence-electron chi connectivity index (χ1n) is 14.1. The van der Waals surface area contributed by atoms with Crippen molar-refractivity contribution in [2.75, 3.05) is 12.3 Å². The van der Waals surface area contributed by atoms with Crippen LogP contribution in [0.1, 0.15) is 109 Å². The fourth-order valence-corrected chi connectivity index (χ4v) is 4.75. The molecular weight excluding hydrogens is 498 g/mol. The molecule has 216 valence electrons. The van der Waals surface area contributed by atoms with Gasteiger partial charge in [-0.1, -0.05) is 69.7 Å². The number of ether oxygens (including phenoxy) is 1. The van der Waals surface area contributed by atoms with E-state index in [0.717, 1.165) is 61.6 Å². The molecule has 3 unspecified atom stereocenters. The number of rotatable bonds is 15. The lowest BCUT2D eigenvalue weighted by Gasteiger charge is -2.35. The third kappa shape index (κ3) is 11.7. The molecule has 0 radical (unpaired) electrons. The molecule has 0 aliphatic carbocycles. The number of nitrogens with one attached hydrogen (secondary N) is 2. The van der Waals surface area contributed by atoms with Gasteiger partial charge in [-0.2, -0.15) is 12.6 Å². The minimum atomic E-state index is -0.932. The quantitative estimate of drug-likeness (QED) is 0.178. The zero-order valence-corrected chi connectivity index (χ0v) is 25.7. The van der Waals surface area contributed by atoms with Crippen molar-refractivity contribution in [1.29, 1.82) is 0 Å². The molecule has 1 rings (SSSR count). The van der Waals surface area contributed by atoms with Crippen molar-refractivity contribution in [3.8, 4) is 0 Å². The van der Waals surface area contributed by atoms with Gasteiger partial charge in [-0.15, -0.1) is 0 Å². The maximum atomic E-state index is 14.0. The lowest BCUT2D eigenvalue weighted by molar-refractivity contribution is -0.142. The lowest BCUT2D eigenvalue weighted by atomic mass is 9.95. The Kier molecular flexibility index (Phi) is 14.8. The summed E-state index contributed by atoms with van der Waals surface area (Å²) in [4.78, 5) is 42.1. The molecule has 1 aromatic carbocycles. The van der Waals surface area contributed by atoms with Crippen molar-refractivity contribution in [3.05, 3.63) is 34.9 Å². The predicted molar refractivity (Wildman–Crippen MR) is 159 cm³/mol. The molecule has 3 atom stereocenters. The molecule has 8 heteroatoms. The van der Waals surface area contributed by atoms with E-state index in [4.69, 9.17) is 4.74 Å². The molecule has 1 aromatic rings. The van der Waals surface area contributed by atoms with E-state index >= 15 is 0 Å². The molecule has 0 fully saturated rings. The molecule has 0 spiro atoms. The third-order valence-corrected chi connectivity index (χ3v) is 6.71. The van der Waals surface area contributed by atoms with Gasteiger partial charge < -0.3 is 20.3 Å². The number of alkyl carbamates (subject to hydrolysis) is 1. The SMILES string of the molecule is CCCCCCCN(C(=O)C(CS)NC(=O)OC(C)(C)C)C(C(=O)NC(C)CCC)c1ccc(C)cc1C. The molecule has 0 aliphatic rings. The first kappa shape index (κ1) is 33.8.